The van der Waals surface area contributed by atoms with E-state index >= 15 is 0 Å². The average molecular weight is 746 g/mol. The Bertz CT molecular complexity index is 2050. The van der Waals surface area contributed by atoms with Crippen LogP contribution < -0.4 is 30.1 Å². The number of rotatable bonds is 8. The van der Waals surface area contributed by atoms with Crippen LogP contribution in [0.1, 0.15) is 116 Å². The van der Waals surface area contributed by atoms with E-state index in [-0.39, 0.29) is 16.2 Å². The summed E-state index contributed by atoms with van der Waals surface area (Å²) in [5.41, 5.74) is 5.72. The molecule has 6 heteroatoms. The third-order valence-corrected chi connectivity index (χ3v) is 14.2. The summed E-state index contributed by atoms with van der Waals surface area (Å²) in [6.07, 6.45) is 0. The summed E-state index contributed by atoms with van der Waals surface area (Å²) in [5.74, 6) is 2.64. The first-order valence-electron chi connectivity index (χ1n) is 18.6. The minimum atomic E-state index is -1.39. The predicted octanol–water partition coefficient (Wildman–Crippen LogP) is 10.6. The molecular weight excluding hydrogens is 690 g/mol. The van der Waals surface area contributed by atoms with Crippen molar-refractivity contribution in [1.29, 1.82) is 0 Å². The molecule has 0 radical (unpaired) electrons. The Labute approximate surface area is 322 Å². The maximum absolute atomic E-state index is 14.2. The summed E-state index contributed by atoms with van der Waals surface area (Å²) >= 11 is 0. The summed E-state index contributed by atoms with van der Waals surface area (Å²) in [4.78, 5) is 0. The Morgan fingerprint density at radius 1 is 0.679 bits per heavy atom. The molecule has 2 atom stereocenters. The number of benzene rings is 5. The molecule has 5 aromatic carbocycles. The van der Waals surface area contributed by atoms with Gasteiger partial charge in [-0.25, -0.2) is 8.93 Å². The molecule has 0 saturated carbocycles. The lowest BCUT2D eigenvalue weighted by molar-refractivity contribution is 0.381. The number of hydrogen-bond acceptors (Lipinski definition) is 3. The highest BCUT2D eigenvalue weighted by molar-refractivity contribution is 7.84. The van der Waals surface area contributed by atoms with Crippen LogP contribution >= 0.6 is 7.92 Å². The standard InChI is InChI=1S/C47H56NO3PS/c1-44(2,3)37-29-31(30-38(42(37)50-12)45(4,5)6)40(48-53(49)46(7,8)9)34-25-19-26-35-41(34)51-43-36(47(35,10)11)27-20-28-39(43)52(32-21-15-13-16-22-32)33-23-17-14-18-24-33/h13-30,40,48H,1-12H3. The summed E-state index contributed by atoms with van der Waals surface area (Å²) in [6.45, 7) is 24.0. The molecule has 53 heavy (non-hydrogen) atoms. The van der Waals surface area contributed by atoms with Gasteiger partial charge in [-0.05, 0) is 67.8 Å². The van der Waals surface area contributed by atoms with E-state index in [0.717, 1.165) is 50.6 Å². The normalized spacial score (nSPS) is 15.3. The lowest BCUT2D eigenvalue weighted by Crippen LogP contribution is -2.37. The van der Waals surface area contributed by atoms with Gasteiger partial charge in [0.1, 0.15) is 17.2 Å². The van der Waals surface area contributed by atoms with E-state index in [9.17, 15) is 4.21 Å². The van der Waals surface area contributed by atoms with E-state index in [0.29, 0.717) is 0 Å². The Hall–Kier alpha value is -3.76. The molecule has 6 rings (SSSR count). The molecular formula is C47H56NO3PS. The van der Waals surface area contributed by atoms with Crippen LogP contribution in [-0.4, -0.2) is 16.1 Å². The van der Waals surface area contributed by atoms with Crippen molar-refractivity contribution >= 4 is 34.8 Å². The molecule has 1 N–H and O–H groups in total. The van der Waals surface area contributed by atoms with E-state index in [2.05, 4.69) is 169 Å². The number of ether oxygens (including phenoxy) is 2. The molecule has 2 unspecified atom stereocenters. The van der Waals surface area contributed by atoms with Crippen LogP contribution in [0.3, 0.4) is 0 Å². The van der Waals surface area contributed by atoms with Gasteiger partial charge in [0.25, 0.3) is 0 Å². The van der Waals surface area contributed by atoms with Crippen LogP contribution in [-0.2, 0) is 27.2 Å². The smallest absolute Gasteiger partial charge is 0.139 e. The number of nitrogens with one attached hydrogen (secondary N) is 1. The number of hydrogen-bond donors (Lipinski definition) is 1. The first-order chi connectivity index (χ1) is 24.8. The first-order valence-corrected chi connectivity index (χ1v) is 21.1. The minimum Gasteiger partial charge on any atom is -0.496 e. The molecule has 278 valence electrons. The number of fused-ring (bicyclic) bond motifs is 2. The van der Waals surface area contributed by atoms with Crippen molar-refractivity contribution in [2.24, 2.45) is 0 Å². The van der Waals surface area contributed by atoms with E-state index < -0.39 is 29.7 Å². The summed E-state index contributed by atoms with van der Waals surface area (Å²) < 4.78 is 30.9. The SMILES string of the molecule is COc1c(C(C)(C)C)cc(C(NS(=O)C(C)(C)C)c2cccc3c2Oc2c(P(c4ccccc4)c4ccccc4)cccc2C3(C)C)cc1C(C)(C)C. The fraction of sp³-hybridized carbons (Fsp3) is 0.362. The van der Waals surface area contributed by atoms with Gasteiger partial charge in [-0.2, -0.15) is 0 Å². The van der Waals surface area contributed by atoms with Crippen molar-refractivity contribution < 1.29 is 13.7 Å². The van der Waals surface area contributed by atoms with E-state index in [4.69, 9.17) is 9.47 Å². The second-order valence-corrected chi connectivity index (χ2v) is 21.9. The van der Waals surface area contributed by atoms with Gasteiger partial charge in [-0.15, -0.1) is 0 Å². The third kappa shape index (κ3) is 7.63. The van der Waals surface area contributed by atoms with Gasteiger partial charge in [0.2, 0.25) is 0 Å². The first kappa shape index (κ1) is 38.9. The molecule has 1 aliphatic rings. The highest BCUT2D eigenvalue weighted by Crippen LogP contribution is 2.53. The molecule has 0 spiro atoms. The van der Waals surface area contributed by atoms with Gasteiger partial charge >= 0.3 is 0 Å². The molecule has 0 saturated heterocycles. The monoisotopic (exact) mass is 745 g/mol. The lowest BCUT2D eigenvalue weighted by atomic mass is 9.74. The maximum atomic E-state index is 14.2. The van der Waals surface area contributed by atoms with Crippen LogP contribution in [0.5, 0.6) is 17.2 Å². The Morgan fingerprint density at radius 2 is 1.17 bits per heavy atom. The van der Waals surface area contributed by atoms with E-state index in [1.165, 1.54) is 15.9 Å². The summed E-state index contributed by atoms with van der Waals surface area (Å²) in [6, 6.07) is 38.8. The molecule has 1 heterocycles. The van der Waals surface area contributed by atoms with Crippen LogP contribution in [0, 0.1) is 0 Å². The molecule has 0 aromatic heterocycles. The highest BCUT2D eigenvalue weighted by atomic mass is 32.2. The van der Waals surface area contributed by atoms with Crippen molar-refractivity contribution in [2.75, 3.05) is 7.11 Å². The molecule has 0 aliphatic carbocycles. The van der Waals surface area contributed by atoms with Crippen LogP contribution in [0.25, 0.3) is 0 Å². The maximum Gasteiger partial charge on any atom is 0.139 e. The van der Waals surface area contributed by atoms with Gasteiger partial charge in [-0.1, -0.05) is 152 Å². The quantitative estimate of drug-likeness (QED) is 0.161. The molecule has 0 bridgehead atoms. The van der Waals surface area contributed by atoms with Crippen LogP contribution in [0.2, 0.25) is 0 Å². The molecule has 1 aliphatic heterocycles. The second-order valence-electron chi connectivity index (χ2n) is 17.7. The molecule has 4 nitrogen and oxygen atoms in total. The van der Waals surface area contributed by atoms with Crippen molar-refractivity contribution in [3.8, 4) is 17.2 Å². The van der Waals surface area contributed by atoms with E-state index in [1.807, 2.05) is 20.8 Å². The van der Waals surface area contributed by atoms with Crippen molar-refractivity contribution in [2.45, 2.75) is 103 Å². The van der Waals surface area contributed by atoms with Crippen molar-refractivity contribution in [3.05, 3.63) is 143 Å². The predicted molar refractivity (Wildman–Crippen MR) is 227 cm³/mol. The average Bonchev–Trinajstić information content (AvgIpc) is 3.10. The van der Waals surface area contributed by atoms with Crippen LogP contribution in [0.15, 0.2) is 109 Å². The lowest BCUT2D eigenvalue weighted by Gasteiger charge is -2.39. The topological polar surface area (TPSA) is 47.6 Å². The fourth-order valence-electron chi connectivity index (χ4n) is 7.26. The van der Waals surface area contributed by atoms with Gasteiger partial charge in [0, 0.05) is 38.5 Å². The largest absolute Gasteiger partial charge is 0.496 e. The number of methoxy groups -OCH3 is 1. The van der Waals surface area contributed by atoms with Crippen LogP contribution in [0.4, 0.5) is 0 Å². The minimum absolute atomic E-state index is 0.205. The summed E-state index contributed by atoms with van der Waals surface area (Å²) in [5, 5.41) is 3.72. The van der Waals surface area contributed by atoms with Gasteiger partial charge in [-0.3, -0.25) is 0 Å². The Morgan fingerprint density at radius 3 is 1.64 bits per heavy atom. The van der Waals surface area contributed by atoms with Gasteiger partial charge in [0.05, 0.1) is 28.9 Å². The molecule has 0 amide bonds. The fourth-order valence-corrected chi connectivity index (χ4v) is 10.5. The zero-order valence-corrected chi connectivity index (χ0v) is 35.3. The Balaban J connectivity index is 1.62. The van der Waals surface area contributed by atoms with Crippen molar-refractivity contribution in [3.63, 3.8) is 0 Å². The highest BCUT2D eigenvalue weighted by Gasteiger charge is 2.40. The van der Waals surface area contributed by atoms with Crippen molar-refractivity contribution in [1.82, 2.24) is 4.72 Å². The van der Waals surface area contributed by atoms with Gasteiger partial charge < -0.3 is 9.47 Å². The zero-order chi connectivity index (χ0) is 38.5. The number of para-hydroxylation sites is 2. The van der Waals surface area contributed by atoms with E-state index in [1.54, 1.807) is 7.11 Å². The molecule has 5 aromatic rings. The second kappa shape index (κ2) is 14.5. The Kier molecular flexibility index (Phi) is 10.6. The third-order valence-electron chi connectivity index (χ3n) is 10.2. The van der Waals surface area contributed by atoms with Gasteiger partial charge in [0.15, 0.2) is 0 Å². The zero-order valence-electron chi connectivity index (χ0n) is 33.5. The molecule has 0 fully saturated rings. The summed E-state index contributed by atoms with van der Waals surface area (Å²) in [7, 11) is -0.559.